The van der Waals surface area contributed by atoms with Crippen molar-refractivity contribution in [3.8, 4) is 0 Å². The molecule has 0 atom stereocenters. The molecule has 88 valence electrons. The van der Waals surface area contributed by atoms with Gasteiger partial charge in [-0.2, -0.15) is 9.97 Å². The lowest BCUT2D eigenvalue weighted by molar-refractivity contribution is 1.07. The van der Waals surface area contributed by atoms with E-state index in [0.29, 0.717) is 18.2 Å². The summed E-state index contributed by atoms with van der Waals surface area (Å²) in [6, 6.07) is 5.68. The molecule has 2 heterocycles. The second kappa shape index (κ2) is 5.11. The van der Waals surface area contributed by atoms with Crippen LogP contribution in [-0.2, 0) is 6.54 Å². The van der Waals surface area contributed by atoms with Crippen LogP contribution in [0, 0.1) is 0 Å². The predicted molar refractivity (Wildman–Crippen MR) is 67.6 cm³/mol. The number of nitrogens with one attached hydrogen (secondary N) is 2. The molecule has 0 aliphatic rings. The average molecular weight is 230 g/mol. The molecule has 0 aliphatic carbocycles. The quantitative estimate of drug-likeness (QED) is 0.729. The van der Waals surface area contributed by atoms with Crippen LogP contribution >= 0.6 is 0 Å². The number of rotatable bonds is 4. The number of pyridine rings is 1. The van der Waals surface area contributed by atoms with E-state index in [1.807, 2.05) is 12.1 Å². The summed E-state index contributed by atoms with van der Waals surface area (Å²) < 4.78 is 0. The van der Waals surface area contributed by atoms with Crippen LogP contribution in [-0.4, -0.2) is 22.0 Å². The minimum atomic E-state index is 0.241. The molecule has 0 saturated carbocycles. The molecular formula is C11H14N6. The van der Waals surface area contributed by atoms with Gasteiger partial charge in [-0.3, -0.25) is 4.98 Å². The van der Waals surface area contributed by atoms with Gasteiger partial charge in [-0.15, -0.1) is 0 Å². The van der Waals surface area contributed by atoms with E-state index in [1.165, 1.54) is 0 Å². The highest BCUT2D eigenvalue weighted by atomic mass is 15.1. The Morgan fingerprint density at radius 2 is 2.12 bits per heavy atom. The normalized spacial score (nSPS) is 9.94. The third-order valence-corrected chi connectivity index (χ3v) is 2.20. The Kier molecular flexibility index (Phi) is 3.34. The third kappa shape index (κ3) is 3.04. The number of hydrogen-bond donors (Lipinski definition) is 3. The molecule has 2 rings (SSSR count). The molecule has 0 saturated heterocycles. The van der Waals surface area contributed by atoms with Crippen molar-refractivity contribution in [2.45, 2.75) is 6.54 Å². The zero-order valence-corrected chi connectivity index (χ0v) is 9.51. The fourth-order valence-electron chi connectivity index (χ4n) is 1.38. The van der Waals surface area contributed by atoms with Gasteiger partial charge in [0.25, 0.3) is 0 Å². The first-order chi connectivity index (χ1) is 8.28. The highest BCUT2D eigenvalue weighted by Crippen LogP contribution is 2.12. The number of anilines is 3. The third-order valence-electron chi connectivity index (χ3n) is 2.20. The first-order valence-corrected chi connectivity index (χ1v) is 5.23. The summed E-state index contributed by atoms with van der Waals surface area (Å²) in [5.41, 5.74) is 6.67. The number of nitrogen functional groups attached to an aromatic ring is 1. The van der Waals surface area contributed by atoms with Crippen LogP contribution in [0.3, 0.4) is 0 Å². The zero-order chi connectivity index (χ0) is 12.1. The van der Waals surface area contributed by atoms with E-state index in [-0.39, 0.29) is 5.95 Å². The van der Waals surface area contributed by atoms with Gasteiger partial charge in [0.2, 0.25) is 5.95 Å². The Balaban J connectivity index is 2.06. The molecular weight excluding hydrogens is 216 g/mol. The molecule has 0 amide bonds. The standard InChI is InChI=1S/C11H14N6/c1-13-9-5-10(17-11(12)16-9)15-7-8-3-2-4-14-6-8/h2-6H,7H2,1H3,(H4,12,13,15,16,17). The van der Waals surface area contributed by atoms with Crippen molar-refractivity contribution in [3.05, 3.63) is 36.2 Å². The van der Waals surface area contributed by atoms with Crippen molar-refractivity contribution in [2.75, 3.05) is 23.4 Å². The van der Waals surface area contributed by atoms with Gasteiger partial charge in [0.15, 0.2) is 0 Å². The van der Waals surface area contributed by atoms with Crippen molar-refractivity contribution in [2.24, 2.45) is 0 Å². The van der Waals surface area contributed by atoms with Crippen molar-refractivity contribution < 1.29 is 0 Å². The summed E-state index contributed by atoms with van der Waals surface area (Å²) >= 11 is 0. The maximum absolute atomic E-state index is 5.59. The van der Waals surface area contributed by atoms with Crippen LogP contribution in [0.25, 0.3) is 0 Å². The predicted octanol–water partition coefficient (Wildman–Crippen LogP) is 1.11. The van der Waals surface area contributed by atoms with E-state index in [2.05, 4.69) is 25.6 Å². The number of hydrogen-bond acceptors (Lipinski definition) is 6. The Hall–Kier alpha value is -2.37. The molecule has 6 heteroatoms. The monoisotopic (exact) mass is 230 g/mol. The van der Waals surface area contributed by atoms with E-state index >= 15 is 0 Å². The Morgan fingerprint density at radius 1 is 1.29 bits per heavy atom. The van der Waals surface area contributed by atoms with Crippen molar-refractivity contribution in [1.29, 1.82) is 0 Å². The SMILES string of the molecule is CNc1cc(NCc2cccnc2)nc(N)n1. The van der Waals surface area contributed by atoms with E-state index < -0.39 is 0 Å². The van der Waals surface area contributed by atoms with Gasteiger partial charge in [-0.05, 0) is 11.6 Å². The van der Waals surface area contributed by atoms with Gasteiger partial charge >= 0.3 is 0 Å². The summed E-state index contributed by atoms with van der Waals surface area (Å²) in [6.45, 7) is 0.646. The van der Waals surface area contributed by atoms with Crippen LogP contribution in [0.2, 0.25) is 0 Å². The highest BCUT2D eigenvalue weighted by Gasteiger charge is 2.00. The molecule has 0 spiro atoms. The second-order valence-electron chi connectivity index (χ2n) is 3.46. The van der Waals surface area contributed by atoms with Crippen LogP contribution in [0.1, 0.15) is 5.56 Å². The minimum Gasteiger partial charge on any atom is -0.373 e. The molecule has 0 aromatic carbocycles. The van der Waals surface area contributed by atoms with Gasteiger partial charge in [-0.1, -0.05) is 6.07 Å². The van der Waals surface area contributed by atoms with Crippen LogP contribution in [0.15, 0.2) is 30.6 Å². The summed E-state index contributed by atoms with van der Waals surface area (Å²) in [6.07, 6.45) is 3.54. The highest BCUT2D eigenvalue weighted by molar-refractivity contribution is 5.50. The Bertz CT molecular complexity index is 485. The Labute approximate surface area is 99.3 Å². The second-order valence-corrected chi connectivity index (χ2v) is 3.46. The number of aromatic nitrogens is 3. The summed E-state index contributed by atoms with van der Waals surface area (Å²) in [7, 11) is 1.78. The van der Waals surface area contributed by atoms with Crippen LogP contribution < -0.4 is 16.4 Å². The largest absolute Gasteiger partial charge is 0.373 e. The van der Waals surface area contributed by atoms with Gasteiger partial charge in [0.05, 0.1) is 0 Å². The van der Waals surface area contributed by atoms with Gasteiger partial charge in [-0.25, -0.2) is 0 Å². The lowest BCUT2D eigenvalue weighted by atomic mass is 10.3. The average Bonchev–Trinajstić information content (AvgIpc) is 2.37. The summed E-state index contributed by atoms with van der Waals surface area (Å²) in [5, 5.41) is 6.09. The first kappa shape index (κ1) is 11.1. The van der Waals surface area contributed by atoms with E-state index in [1.54, 1.807) is 25.5 Å². The smallest absolute Gasteiger partial charge is 0.223 e. The molecule has 0 bridgehead atoms. The maximum Gasteiger partial charge on any atom is 0.223 e. The summed E-state index contributed by atoms with van der Waals surface area (Å²) in [5.74, 6) is 1.61. The lowest BCUT2D eigenvalue weighted by Gasteiger charge is -2.07. The van der Waals surface area contributed by atoms with Gasteiger partial charge in [0, 0.05) is 32.1 Å². The van der Waals surface area contributed by atoms with E-state index in [4.69, 9.17) is 5.73 Å². The van der Waals surface area contributed by atoms with E-state index in [9.17, 15) is 0 Å². The maximum atomic E-state index is 5.59. The fourth-order valence-corrected chi connectivity index (χ4v) is 1.38. The fraction of sp³-hybridized carbons (Fsp3) is 0.182. The molecule has 2 aromatic rings. The molecule has 6 nitrogen and oxygen atoms in total. The molecule has 0 unspecified atom stereocenters. The summed E-state index contributed by atoms with van der Waals surface area (Å²) in [4.78, 5) is 12.1. The molecule has 0 radical (unpaired) electrons. The Morgan fingerprint density at radius 3 is 2.82 bits per heavy atom. The topological polar surface area (TPSA) is 88.8 Å². The van der Waals surface area contributed by atoms with Gasteiger partial charge in [0.1, 0.15) is 11.6 Å². The molecule has 17 heavy (non-hydrogen) atoms. The van der Waals surface area contributed by atoms with Crippen molar-refractivity contribution in [1.82, 2.24) is 15.0 Å². The van der Waals surface area contributed by atoms with E-state index in [0.717, 1.165) is 5.56 Å². The van der Waals surface area contributed by atoms with Crippen molar-refractivity contribution in [3.63, 3.8) is 0 Å². The van der Waals surface area contributed by atoms with Crippen LogP contribution in [0.5, 0.6) is 0 Å². The molecule has 2 aromatic heterocycles. The molecule has 0 fully saturated rings. The number of nitrogens with two attached hydrogens (primary N) is 1. The van der Waals surface area contributed by atoms with Crippen molar-refractivity contribution >= 4 is 17.6 Å². The lowest BCUT2D eigenvalue weighted by Crippen LogP contribution is -2.06. The molecule has 4 N–H and O–H groups in total. The first-order valence-electron chi connectivity index (χ1n) is 5.23. The minimum absolute atomic E-state index is 0.241. The zero-order valence-electron chi connectivity index (χ0n) is 9.51. The van der Waals surface area contributed by atoms with Gasteiger partial charge < -0.3 is 16.4 Å². The molecule has 0 aliphatic heterocycles. The van der Waals surface area contributed by atoms with Crippen LogP contribution in [0.4, 0.5) is 17.6 Å². The number of nitrogens with zero attached hydrogens (tertiary/aromatic N) is 3.